The molecule has 0 aliphatic carbocycles. The van der Waals surface area contributed by atoms with Crippen molar-refractivity contribution in [2.45, 2.75) is 6.92 Å². The monoisotopic (exact) mass is 216 g/mol. The molecule has 0 aliphatic heterocycles. The van der Waals surface area contributed by atoms with Crippen LogP contribution >= 0.6 is 0 Å². The van der Waals surface area contributed by atoms with E-state index in [-0.39, 0.29) is 5.69 Å². The number of nitrogens with zero attached hydrogens (tertiary/aromatic N) is 3. The smallest absolute Gasteiger partial charge is 0.356 e. The molecule has 0 unspecified atom stereocenters. The first-order chi connectivity index (χ1) is 7.72. The van der Waals surface area contributed by atoms with Gasteiger partial charge in [0.1, 0.15) is 6.33 Å². The molecule has 0 saturated carbocycles. The molecule has 0 spiro atoms. The van der Waals surface area contributed by atoms with E-state index in [1.807, 2.05) is 31.2 Å². The number of benzene rings is 1. The Morgan fingerprint density at radius 2 is 2.06 bits per heavy atom. The summed E-state index contributed by atoms with van der Waals surface area (Å²) < 4.78 is 1.43. The van der Waals surface area contributed by atoms with E-state index in [2.05, 4.69) is 15.3 Å². The van der Waals surface area contributed by atoms with Gasteiger partial charge in [0, 0.05) is 7.05 Å². The van der Waals surface area contributed by atoms with Crippen LogP contribution in [0.15, 0.2) is 35.4 Å². The van der Waals surface area contributed by atoms with Gasteiger partial charge in [-0.05, 0) is 18.6 Å². The van der Waals surface area contributed by atoms with Crippen molar-refractivity contribution >= 4 is 5.95 Å². The Kier molecular flexibility index (Phi) is 2.68. The molecule has 1 aromatic heterocycles. The predicted octanol–water partition coefficient (Wildman–Crippen LogP) is 0.978. The van der Waals surface area contributed by atoms with E-state index in [1.165, 1.54) is 10.9 Å². The van der Waals surface area contributed by atoms with Crippen LogP contribution in [-0.2, 0) is 0 Å². The molecule has 5 nitrogen and oxygen atoms in total. The van der Waals surface area contributed by atoms with Crippen LogP contribution in [0.25, 0.3) is 5.69 Å². The molecule has 0 saturated heterocycles. The van der Waals surface area contributed by atoms with Crippen LogP contribution in [0.2, 0.25) is 0 Å². The van der Waals surface area contributed by atoms with Crippen molar-refractivity contribution in [3.8, 4) is 5.69 Å². The third-order valence-corrected chi connectivity index (χ3v) is 2.30. The summed E-state index contributed by atoms with van der Waals surface area (Å²) in [6, 6.07) is 7.60. The third kappa shape index (κ3) is 1.79. The first-order valence-electron chi connectivity index (χ1n) is 4.92. The van der Waals surface area contributed by atoms with Crippen molar-refractivity contribution in [2.24, 2.45) is 0 Å². The zero-order valence-electron chi connectivity index (χ0n) is 9.14. The third-order valence-electron chi connectivity index (χ3n) is 2.30. The summed E-state index contributed by atoms with van der Waals surface area (Å²) in [5.74, 6) is 0.329. The fourth-order valence-electron chi connectivity index (χ4n) is 1.45. The molecule has 0 aliphatic rings. The molecule has 0 amide bonds. The highest BCUT2D eigenvalue weighted by Gasteiger charge is 2.04. The standard InChI is InChI=1S/C11H12N4O/c1-8-5-3-4-6-9(8)15-7-13-10(12-2)14-11(15)16/h3-7H,1-2H3,(H,12,14,16). The fraction of sp³-hybridized carbons (Fsp3) is 0.182. The van der Waals surface area contributed by atoms with E-state index in [0.717, 1.165) is 11.3 Å². The van der Waals surface area contributed by atoms with Crippen LogP contribution in [0.5, 0.6) is 0 Å². The number of para-hydroxylation sites is 1. The average Bonchev–Trinajstić information content (AvgIpc) is 2.30. The van der Waals surface area contributed by atoms with Crippen molar-refractivity contribution in [2.75, 3.05) is 12.4 Å². The molecule has 1 aromatic carbocycles. The van der Waals surface area contributed by atoms with Crippen molar-refractivity contribution in [3.63, 3.8) is 0 Å². The zero-order chi connectivity index (χ0) is 11.5. The van der Waals surface area contributed by atoms with E-state index in [9.17, 15) is 4.79 Å². The van der Waals surface area contributed by atoms with Gasteiger partial charge in [-0.25, -0.2) is 9.78 Å². The number of hydrogen-bond acceptors (Lipinski definition) is 4. The maximum Gasteiger partial charge on any atom is 0.356 e. The molecule has 0 bridgehead atoms. The Bertz CT molecular complexity index is 562. The van der Waals surface area contributed by atoms with Gasteiger partial charge in [0.15, 0.2) is 0 Å². The lowest BCUT2D eigenvalue weighted by atomic mass is 10.2. The maximum atomic E-state index is 11.7. The molecule has 1 N–H and O–H groups in total. The molecule has 2 aromatic rings. The van der Waals surface area contributed by atoms with Crippen LogP contribution in [0, 0.1) is 6.92 Å². The summed E-state index contributed by atoms with van der Waals surface area (Å²) in [5, 5.41) is 2.73. The molecule has 5 heteroatoms. The second-order valence-corrected chi connectivity index (χ2v) is 3.37. The van der Waals surface area contributed by atoms with Gasteiger partial charge in [-0.1, -0.05) is 18.2 Å². The lowest BCUT2D eigenvalue weighted by molar-refractivity contribution is 0.857. The summed E-state index contributed by atoms with van der Waals surface area (Å²) in [6.07, 6.45) is 1.48. The Morgan fingerprint density at radius 3 is 2.69 bits per heavy atom. The number of anilines is 1. The first kappa shape index (κ1) is 10.4. The minimum absolute atomic E-state index is 0.329. The van der Waals surface area contributed by atoms with Gasteiger partial charge < -0.3 is 5.32 Å². The van der Waals surface area contributed by atoms with Crippen molar-refractivity contribution < 1.29 is 0 Å². The summed E-state index contributed by atoms with van der Waals surface area (Å²) in [5.41, 5.74) is 1.47. The Hall–Kier alpha value is -2.17. The quantitative estimate of drug-likeness (QED) is 0.812. The minimum atomic E-state index is -0.339. The van der Waals surface area contributed by atoms with Crippen molar-refractivity contribution in [3.05, 3.63) is 46.6 Å². The van der Waals surface area contributed by atoms with E-state index >= 15 is 0 Å². The topological polar surface area (TPSA) is 59.8 Å². The number of hydrogen-bond donors (Lipinski definition) is 1. The molecule has 16 heavy (non-hydrogen) atoms. The number of aromatic nitrogens is 3. The van der Waals surface area contributed by atoms with Gasteiger partial charge in [-0.15, -0.1) is 0 Å². The van der Waals surface area contributed by atoms with E-state index < -0.39 is 0 Å². The highest BCUT2D eigenvalue weighted by molar-refractivity contribution is 5.39. The molecule has 0 atom stereocenters. The lowest BCUT2D eigenvalue weighted by Crippen LogP contribution is -2.23. The normalized spacial score (nSPS) is 10.1. The number of nitrogens with one attached hydrogen (secondary N) is 1. The van der Waals surface area contributed by atoms with Gasteiger partial charge in [0.05, 0.1) is 5.69 Å². The second kappa shape index (κ2) is 4.14. The van der Waals surface area contributed by atoms with Crippen LogP contribution in [0.4, 0.5) is 5.95 Å². The molecule has 2 rings (SSSR count). The minimum Gasteiger partial charge on any atom is -0.357 e. The fourth-order valence-corrected chi connectivity index (χ4v) is 1.45. The van der Waals surface area contributed by atoms with E-state index in [0.29, 0.717) is 5.95 Å². The van der Waals surface area contributed by atoms with Gasteiger partial charge >= 0.3 is 5.69 Å². The first-order valence-corrected chi connectivity index (χ1v) is 4.92. The highest BCUT2D eigenvalue weighted by Crippen LogP contribution is 2.10. The number of aryl methyl sites for hydroxylation is 1. The predicted molar refractivity (Wildman–Crippen MR) is 61.9 cm³/mol. The van der Waals surface area contributed by atoms with Crippen LogP contribution in [0.3, 0.4) is 0 Å². The van der Waals surface area contributed by atoms with Crippen molar-refractivity contribution in [1.82, 2.24) is 14.5 Å². The summed E-state index contributed by atoms with van der Waals surface area (Å²) >= 11 is 0. The van der Waals surface area contributed by atoms with Gasteiger partial charge in [-0.3, -0.25) is 4.57 Å². The molecule has 0 radical (unpaired) electrons. The lowest BCUT2D eigenvalue weighted by Gasteiger charge is -2.07. The second-order valence-electron chi connectivity index (χ2n) is 3.37. The largest absolute Gasteiger partial charge is 0.357 e. The molecule has 1 heterocycles. The van der Waals surface area contributed by atoms with Crippen molar-refractivity contribution in [1.29, 1.82) is 0 Å². The average molecular weight is 216 g/mol. The Morgan fingerprint density at radius 1 is 1.31 bits per heavy atom. The molecular formula is C11H12N4O. The Balaban J connectivity index is 2.58. The van der Waals surface area contributed by atoms with Crippen LogP contribution < -0.4 is 11.0 Å². The zero-order valence-corrected chi connectivity index (χ0v) is 9.14. The van der Waals surface area contributed by atoms with Crippen LogP contribution in [0.1, 0.15) is 5.56 Å². The van der Waals surface area contributed by atoms with Gasteiger partial charge in [0.2, 0.25) is 5.95 Å². The molecular weight excluding hydrogens is 204 g/mol. The van der Waals surface area contributed by atoms with E-state index in [1.54, 1.807) is 7.05 Å². The summed E-state index contributed by atoms with van der Waals surface area (Å²) in [7, 11) is 1.67. The van der Waals surface area contributed by atoms with E-state index in [4.69, 9.17) is 0 Å². The highest BCUT2D eigenvalue weighted by atomic mass is 16.1. The molecule has 0 fully saturated rings. The van der Waals surface area contributed by atoms with Gasteiger partial charge in [0.25, 0.3) is 0 Å². The maximum absolute atomic E-state index is 11.7. The van der Waals surface area contributed by atoms with Crippen LogP contribution in [-0.4, -0.2) is 21.6 Å². The molecule has 82 valence electrons. The summed E-state index contributed by atoms with van der Waals surface area (Å²) in [6.45, 7) is 1.94. The Labute approximate surface area is 92.8 Å². The van der Waals surface area contributed by atoms with Gasteiger partial charge in [-0.2, -0.15) is 4.98 Å². The summed E-state index contributed by atoms with van der Waals surface area (Å²) in [4.78, 5) is 19.5. The number of rotatable bonds is 2. The SMILES string of the molecule is CNc1ncn(-c2ccccc2C)c(=O)n1.